The van der Waals surface area contributed by atoms with E-state index in [1.54, 1.807) is 17.8 Å². The number of carbonyl (C=O) groups is 1. The molecule has 0 aliphatic heterocycles. The van der Waals surface area contributed by atoms with E-state index in [1.165, 1.54) is 12.1 Å². The highest BCUT2D eigenvalue weighted by atomic mass is 32.2. The third-order valence-corrected chi connectivity index (χ3v) is 2.39. The van der Waals surface area contributed by atoms with Gasteiger partial charge in [0.1, 0.15) is 11.3 Å². The van der Waals surface area contributed by atoms with Crippen molar-refractivity contribution in [1.29, 1.82) is 0 Å². The number of carboxylic acid groups (broad SMARTS) is 1. The van der Waals surface area contributed by atoms with E-state index in [4.69, 9.17) is 5.11 Å². The van der Waals surface area contributed by atoms with Gasteiger partial charge in [0.05, 0.1) is 0 Å². The molecule has 70 valence electrons. The Labute approximate surface area is 80.4 Å². The van der Waals surface area contributed by atoms with Crippen molar-refractivity contribution in [2.75, 3.05) is 5.75 Å². The highest BCUT2D eigenvalue weighted by Gasteiger charge is 2.09. The van der Waals surface area contributed by atoms with Crippen LogP contribution in [0.25, 0.3) is 0 Å². The number of hydrogen-bond donors (Lipinski definition) is 2. The van der Waals surface area contributed by atoms with Crippen LogP contribution in [0.4, 0.5) is 0 Å². The predicted octanol–water partition coefficient (Wildman–Crippen LogP) is 2.20. The van der Waals surface area contributed by atoms with Gasteiger partial charge in [0.15, 0.2) is 0 Å². The van der Waals surface area contributed by atoms with Crippen LogP contribution < -0.4 is 0 Å². The second-order valence-corrected chi connectivity index (χ2v) is 3.75. The number of benzene rings is 1. The highest BCUT2D eigenvalue weighted by Crippen LogP contribution is 2.24. The van der Waals surface area contributed by atoms with Crippen molar-refractivity contribution in [2.24, 2.45) is 0 Å². The van der Waals surface area contributed by atoms with Crippen molar-refractivity contribution in [3.8, 4) is 5.75 Å². The average molecular weight is 198 g/mol. The molecule has 1 aromatic carbocycles. The van der Waals surface area contributed by atoms with Gasteiger partial charge in [0, 0.05) is 4.90 Å². The molecule has 0 heterocycles. The maximum Gasteiger partial charge on any atom is 0.339 e. The van der Waals surface area contributed by atoms with Crippen LogP contribution in [-0.4, -0.2) is 21.9 Å². The van der Waals surface area contributed by atoms with E-state index in [0.29, 0.717) is 0 Å². The zero-order valence-electron chi connectivity index (χ0n) is 7.15. The van der Waals surface area contributed by atoms with Crippen molar-refractivity contribution < 1.29 is 15.0 Å². The Hall–Kier alpha value is -1.16. The van der Waals surface area contributed by atoms with Crippen LogP contribution in [0.1, 0.15) is 17.3 Å². The van der Waals surface area contributed by atoms with Crippen LogP contribution in [0.2, 0.25) is 0 Å². The fraction of sp³-hybridized carbons (Fsp3) is 0.222. The average Bonchev–Trinajstić information content (AvgIpc) is 2.08. The number of rotatable bonds is 3. The maximum atomic E-state index is 10.6. The largest absolute Gasteiger partial charge is 0.507 e. The molecule has 0 aliphatic carbocycles. The SMILES string of the molecule is CCSc1ccc(O)c(C(=O)O)c1. The monoisotopic (exact) mass is 198 g/mol. The summed E-state index contributed by atoms with van der Waals surface area (Å²) in [5, 5.41) is 17.9. The van der Waals surface area contributed by atoms with Crippen molar-refractivity contribution in [1.82, 2.24) is 0 Å². The lowest BCUT2D eigenvalue weighted by Crippen LogP contribution is -1.96. The normalized spacial score (nSPS) is 9.92. The zero-order valence-corrected chi connectivity index (χ0v) is 7.97. The van der Waals surface area contributed by atoms with Gasteiger partial charge in [-0.05, 0) is 24.0 Å². The fourth-order valence-electron chi connectivity index (χ4n) is 0.943. The molecule has 1 rings (SSSR count). The topological polar surface area (TPSA) is 57.5 Å². The molecule has 0 aliphatic rings. The number of phenols is 1. The van der Waals surface area contributed by atoms with Crippen molar-refractivity contribution >= 4 is 17.7 Å². The summed E-state index contributed by atoms with van der Waals surface area (Å²) < 4.78 is 0. The number of hydrogen-bond acceptors (Lipinski definition) is 3. The van der Waals surface area contributed by atoms with E-state index in [9.17, 15) is 9.90 Å². The maximum absolute atomic E-state index is 10.6. The van der Waals surface area contributed by atoms with Crippen LogP contribution in [0.5, 0.6) is 5.75 Å². The van der Waals surface area contributed by atoms with Crippen LogP contribution >= 0.6 is 11.8 Å². The Morgan fingerprint density at radius 2 is 2.23 bits per heavy atom. The van der Waals surface area contributed by atoms with Crippen molar-refractivity contribution in [3.05, 3.63) is 23.8 Å². The Bertz CT molecular complexity index is 323. The summed E-state index contributed by atoms with van der Waals surface area (Å²) in [5.74, 6) is -0.409. The Morgan fingerprint density at radius 1 is 1.54 bits per heavy atom. The summed E-state index contributed by atoms with van der Waals surface area (Å²) in [6, 6.07) is 4.59. The summed E-state index contributed by atoms with van der Waals surface area (Å²) in [7, 11) is 0. The molecule has 0 saturated carbocycles. The first kappa shape index (κ1) is 9.92. The molecule has 0 atom stereocenters. The zero-order chi connectivity index (χ0) is 9.84. The molecule has 0 amide bonds. The van der Waals surface area contributed by atoms with Crippen LogP contribution in [0, 0.1) is 0 Å². The van der Waals surface area contributed by atoms with Gasteiger partial charge in [-0.3, -0.25) is 0 Å². The van der Waals surface area contributed by atoms with Gasteiger partial charge < -0.3 is 10.2 Å². The van der Waals surface area contributed by atoms with Gasteiger partial charge in [0.2, 0.25) is 0 Å². The first-order valence-electron chi connectivity index (χ1n) is 3.84. The smallest absolute Gasteiger partial charge is 0.339 e. The molecule has 3 nitrogen and oxygen atoms in total. The first-order valence-corrected chi connectivity index (χ1v) is 4.82. The van der Waals surface area contributed by atoms with E-state index < -0.39 is 5.97 Å². The van der Waals surface area contributed by atoms with E-state index in [2.05, 4.69) is 0 Å². The summed E-state index contributed by atoms with van der Waals surface area (Å²) in [6.45, 7) is 1.98. The van der Waals surface area contributed by atoms with Gasteiger partial charge >= 0.3 is 5.97 Å². The van der Waals surface area contributed by atoms with E-state index >= 15 is 0 Å². The molecule has 0 aromatic heterocycles. The van der Waals surface area contributed by atoms with Gasteiger partial charge in [-0.15, -0.1) is 11.8 Å². The van der Waals surface area contributed by atoms with Crippen molar-refractivity contribution in [2.45, 2.75) is 11.8 Å². The molecular formula is C9H10O3S. The lowest BCUT2D eigenvalue weighted by atomic mass is 10.2. The Morgan fingerprint density at radius 3 is 2.77 bits per heavy atom. The van der Waals surface area contributed by atoms with E-state index in [1.807, 2.05) is 6.92 Å². The quantitative estimate of drug-likeness (QED) is 0.731. The minimum Gasteiger partial charge on any atom is -0.507 e. The third kappa shape index (κ3) is 2.39. The molecule has 0 saturated heterocycles. The summed E-state index contributed by atoms with van der Waals surface area (Å²) in [6.07, 6.45) is 0. The highest BCUT2D eigenvalue weighted by molar-refractivity contribution is 7.99. The third-order valence-electron chi connectivity index (χ3n) is 1.51. The van der Waals surface area contributed by atoms with Gasteiger partial charge in [0.25, 0.3) is 0 Å². The fourth-order valence-corrected chi connectivity index (χ4v) is 1.64. The number of aromatic carboxylic acids is 1. The Balaban J connectivity index is 3.04. The van der Waals surface area contributed by atoms with Gasteiger partial charge in [-0.1, -0.05) is 6.92 Å². The number of aromatic hydroxyl groups is 1. The summed E-state index contributed by atoms with van der Waals surface area (Å²) in [5.41, 5.74) is -0.0431. The molecule has 2 N–H and O–H groups in total. The molecule has 0 bridgehead atoms. The lowest BCUT2D eigenvalue weighted by Gasteiger charge is -2.02. The first-order chi connectivity index (χ1) is 6.15. The minimum atomic E-state index is -1.10. The van der Waals surface area contributed by atoms with Crippen LogP contribution in [-0.2, 0) is 0 Å². The molecule has 0 spiro atoms. The Kier molecular flexibility index (Phi) is 3.19. The number of carboxylic acids is 1. The molecule has 0 radical (unpaired) electrons. The molecule has 0 unspecified atom stereocenters. The summed E-state index contributed by atoms with van der Waals surface area (Å²) >= 11 is 1.54. The second-order valence-electron chi connectivity index (χ2n) is 2.42. The van der Waals surface area contributed by atoms with Crippen molar-refractivity contribution in [3.63, 3.8) is 0 Å². The van der Waals surface area contributed by atoms with E-state index in [-0.39, 0.29) is 11.3 Å². The van der Waals surface area contributed by atoms with Gasteiger partial charge in [-0.25, -0.2) is 4.79 Å². The number of thioether (sulfide) groups is 1. The molecule has 13 heavy (non-hydrogen) atoms. The van der Waals surface area contributed by atoms with Crippen LogP contribution in [0.3, 0.4) is 0 Å². The lowest BCUT2D eigenvalue weighted by molar-refractivity contribution is 0.0693. The van der Waals surface area contributed by atoms with Gasteiger partial charge in [-0.2, -0.15) is 0 Å². The molecular weight excluding hydrogens is 188 g/mol. The van der Waals surface area contributed by atoms with Crippen LogP contribution in [0.15, 0.2) is 23.1 Å². The van der Waals surface area contributed by atoms with E-state index in [0.717, 1.165) is 10.6 Å². The molecule has 1 aromatic rings. The predicted molar refractivity (Wildman–Crippen MR) is 51.5 cm³/mol. The molecule has 4 heteroatoms. The standard InChI is InChI=1S/C9H10O3S/c1-2-13-6-3-4-8(10)7(5-6)9(11)12/h3-5,10H,2H2,1H3,(H,11,12). The summed E-state index contributed by atoms with van der Waals surface area (Å²) in [4.78, 5) is 11.5. The molecule has 0 fully saturated rings. The second kappa shape index (κ2) is 4.18. The minimum absolute atomic E-state index is 0.0431.